The van der Waals surface area contributed by atoms with Gasteiger partial charge in [-0.25, -0.2) is 13.8 Å². The van der Waals surface area contributed by atoms with Crippen molar-refractivity contribution < 1.29 is 23.4 Å². The van der Waals surface area contributed by atoms with Crippen LogP contribution in [-0.4, -0.2) is 33.8 Å². The SMILES string of the molecule is O=C(CCO)N1CNc2ccc(Cn3cnc(OCc4ccc(F)cc4F)c(Cl)c3=O)cc21. The molecule has 0 spiro atoms. The summed E-state index contributed by atoms with van der Waals surface area (Å²) in [5.41, 5.74) is 1.67. The Labute approximate surface area is 192 Å². The zero-order chi connectivity index (χ0) is 23.5. The number of halogens is 3. The number of anilines is 2. The molecule has 0 saturated carbocycles. The summed E-state index contributed by atoms with van der Waals surface area (Å²) in [4.78, 5) is 30.5. The van der Waals surface area contributed by atoms with E-state index in [0.717, 1.165) is 23.4 Å². The summed E-state index contributed by atoms with van der Waals surface area (Å²) in [6, 6.07) is 8.43. The van der Waals surface area contributed by atoms with Crippen molar-refractivity contribution in [2.75, 3.05) is 23.5 Å². The molecule has 0 saturated heterocycles. The van der Waals surface area contributed by atoms with Gasteiger partial charge in [0.25, 0.3) is 5.56 Å². The Hall–Kier alpha value is -3.50. The molecule has 1 amide bonds. The van der Waals surface area contributed by atoms with Crippen LogP contribution in [0, 0.1) is 11.6 Å². The second-order valence-electron chi connectivity index (χ2n) is 7.30. The van der Waals surface area contributed by atoms with Gasteiger partial charge in [0.05, 0.1) is 37.6 Å². The van der Waals surface area contributed by atoms with Crippen molar-refractivity contribution in [2.24, 2.45) is 0 Å². The van der Waals surface area contributed by atoms with Crippen LogP contribution < -0.4 is 20.5 Å². The van der Waals surface area contributed by atoms with Gasteiger partial charge >= 0.3 is 0 Å². The molecule has 172 valence electrons. The number of ether oxygens (including phenoxy) is 1. The molecule has 0 unspecified atom stereocenters. The van der Waals surface area contributed by atoms with E-state index in [0.29, 0.717) is 12.4 Å². The van der Waals surface area contributed by atoms with E-state index in [1.807, 2.05) is 0 Å². The van der Waals surface area contributed by atoms with E-state index in [-0.39, 0.29) is 48.6 Å². The molecule has 1 aliphatic rings. The maximum atomic E-state index is 13.8. The number of carbonyl (C=O) groups excluding carboxylic acids is 1. The number of rotatable bonds is 7. The molecule has 1 aromatic heterocycles. The monoisotopic (exact) mass is 476 g/mol. The molecule has 4 rings (SSSR count). The van der Waals surface area contributed by atoms with Crippen LogP contribution in [0.1, 0.15) is 17.5 Å². The van der Waals surface area contributed by atoms with Gasteiger partial charge in [0, 0.05) is 11.6 Å². The molecule has 33 heavy (non-hydrogen) atoms. The Balaban J connectivity index is 1.51. The van der Waals surface area contributed by atoms with Crippen LogP contribution >= 0.6 is 11.6 Å². The van der Waals surface area contributed by atoms with E-state index < -0.39 is 17.2 Å². The highest BCUT2D eigenvalue weighted by Gasteiger charge is 2.24. The summed E-state index contributed by atoms with van der Waals surface area (Å²) >= 11 is 6.13. The van der Waals surface area contributed by atoms with Gasteiger partial charge in [-0.05, 0) is 29.8 Å². The standard InChI is InChI=1S/C22H19ClF2N4O4/c23-20-21(33-10-14-2-3-15(24)8-16(14)25)27-11-28(22(20)32)9-13-1-4-17-18(7-13)29(12-26-17)19(31)5-6-30/h1-4,7-8,11,26,30H,5-6,9-10,12H2. The number of amides is 1. The van der Waals surface area contributed by atoms with Crippen molar-refractivity contribution >= 4 is 28.9 Å². The predicted molar refractivity (Wildman–Crippen MR) is 117 cm³/mol. The number of nitrogens with zero attached hydrogens (tertiary/aromatic N) is 3. The van der Waals surface area contributed by atoms with Crippen LogP contribution in [0.4, 0.5) is 20.2 Å². The van der Waals surface area contributed by atoms with Crippen LogP contribution in [-0.2, 0) is 17.9 Å². The summed E-state index contributed by atoms with van der Waals surface area (Å²) in [5.74, 6) is -1.88. The van der Waals surface area contributed by atoms with Crippen LogP contribution in [0.15, 0.2) is 47.5 Å². The first-order chi connectivity index (χ1) is 15.9. The molecular weight excluding hydrogens is 458 g/mol. The normalized spacial score (nSPS) is 12.4. The second-order valence-corrected chi connectivity index (χ2v) is 7.68. The van der Waals surface area contributed by atoms with Gasteiger partial charge in [-0.2, -0.15) is 0 Å². The fraction of sp³-hybridized carbons (Fsp3) is 0.227. The number of hydrogen-bond acceptors (Lipinski definition) is 6. The van der Waals surface area contributed by atoms with Gasteiger partial charge in [-0.15, -0.1) is 0 Å². The number of carbonyl (C=O) groups is 1. The molecule has 2 N–H and O–H groups in total. The molecule has 0 bridgehead atoms. The molecule has 11 heteroatoms. The zero-order valence-corrected chi connectivity index (χ0v) is 18.0. The minimum absolute atomic E-state index is 0.00756. The lowest BCUT2D eigenvalue weighted by Crippen LogP contribution is -2.31. The smallest absolute Gasteiger partial charge is 0.276 e. The first kappa shape index (κ1) is 22.7. The summed E-state index contributed by atoms with van der Waals surface area (Å²) in [7, 11) is 0. The van der Waals surface area contributed by atoms with Crippen molar-refractivity contribution in [3.05, 3.63) is 80.9 Å². The fourth-order valence-corrected chi connectivity index (χ4v) is 3.61. The van der Waals surface area contributed by atoms with Gasteiger partial charge in [0.15, 0.2) is 5.02 Å². The molecule has 3 aromatic rings. The number of aromatic nitrogens is 2. The lowest BCUT2D eigenvalue weighted by Gasteiger charge is -2.16. The van der Waals surface area contributed by atoms with E-state index in [9.17, 15) is 18.4 Å². The predicted octanol–water partition coefficient (Wildman–Crippen LogP) is 2.90. The Morgan fingerprint density at radius 3 is 2.82 bits per heavy atom. The van der Waals surface area contributed by atoms with Gasteiger partial charge in [0.1, 0.15) is 24.6 Å². The van der Waals surface area contributed by atoms with E-state index >= 15 is 0 Å². The molecule has 0 atom stereocenters. The van der Waals surface area contributed by atoms with E-state index in [4.69, 9.17) is 21.4 Å². The third-order valence-electron chi connectivity index (χ3n) is 5.09. The Morgan fingerprint density at radius 1 is 1.24 bits per heavy atom. The lowest BCUT2D eigenvalue weighted by molar-refractivity contribution is -0.119. The first-order valence-corrected chi connectivity index (χ1v) is 10.3. The van der Waals surface area contributed by atoms with E-state index in [1.165, 1.54) is 21.9 Å². The summed E-state index contributed by atoms with van der Waals surface area (Å²) in [5, 5.41) is 11.9. The van der Waals surface area contributed by atoms with Crippen LogP contribution in [0.25, 0.3) is 0 Å². The lowest BCUT2D eigenvalue weighted by atomic mass is 10.1. The third kappa shape index (κ3) is 4.81. The molecule has 2 heterocycles. The summed E-state index contributed by atoms with van der Waals surface area (Å²) in [6.45, 7) is -0.0939. The minimum atomic E-state index is -0.780. The third-order valence-corrected chi connectivity index (χ3v) is 5.41. The number of aliphatic hydroxyl groups excluding tert-OH is 1. The van der Waals surface area contributed by atoms with Crippen LogP contribution in [0.5, 0.6) is 5.88 Å². The van der Waals surface area contributed by atoms with Crippen molar-refractivity contribution in [3.8, 4) is 5.88 Å². The highest BCUT2D eigenvalue weighted by Crippen LogP contribution is 2.32. The van der Waals surface area contributed by atoms with Crippen molar-refractivity contribution in [1.82, 2.24) is 9.55 Å². The molecule has 8 nitrogen and oxygen atoms in total. The van der Waals surface area contributed by atoms with Gasteiger partial charge < -0.3 is 15.2 Å². The van der Waals surface area contributed by atoms with Gasteiger partial charge in [-0.3, -0.25) is 19.1 Å². The summed E-state index contributed by atoms with van der Waals surface area (Å²) < 4.78 is 33.4. The Morgan fingerprint density at radius 2 is 2.06 bits per heavy atom. The second kappa shape index (κ2) is 9.55. The number of hydrogen-bond donors (Lipinski definition) is 2. The highest BCUT2D eigenvalue weighted by atomic mass is 35.5. The Kier molecular flexibility index (Phi) is 6.57. The highest BCUT2D eigenvalue weighted by molar-refractivity contribution is 6.31. The molecule has 1 aliphatic heterocycles. The average Bonchev–Trinajstić information content (AvgIpc) is 3.21. The quantitative estimate of drug-likeness (QED) is 0.544. The number of aliphatic hydroxyl groups is 1. The molecule has 0 aliphatic carbocycles. The van der Waals surface area contributed by atoms with Crippen LogP contribution in [0.3, 0.4) is 0 Å². The maximum Gasteiger partial charge on any atom is 0.276 e. The number of nitrogens with one attached hydrogen (secondary N) is 1. The van der Waals surface area contributed by atoms with Crippen molar-refractivity contribution in [1.29, 1.82) is 0 Å². The number of benzene rings is 2. The average molecular weight is 477 g/mol. The van der Waals surface area contributed by atoms with Crippen LogP contribution in [0.2, 0.25) is 5.02 Å². The molecular formula is C22H19ClF2N4O4. The zero-order valence-electron chi connectivity index (χ0n) is 17.2. The molecule has 0 fully saturated rings. The molecule has 0 radical (unpaired) electrons. The maximum absolute atomic E-state index is 13.8. The molecule has 2 aromatic carbocycles. The fourth-order valence-electron chi connectivity index (χ4n) is 3.39. The van der Waals surface area contributed by atoms with E-state index in [2.05, 4.69) is 10.3 Å². The minimum Gasteiger partial charge on any atom is -0.471 e. The van der Waals surface area contributed by atoms with Gasteiger partial charge in [0.2, 0.25) is 11.8 Å². The van der Waals surface area contributed by atoms with E-state index in [1.54, 1.807) is 18.2 Å². The van der Waals surface area contributed by atoms with Crippen molar-refractivity contribution in [2.45, 2.75) is 19.6 Å². The topological polar surface area (TPSA) is 96.7 Å². The Bertz CT molecular complexity index is 1270. The van der Waals surface area contributed by atoms with Crippen molar-refractivity contribution in [3.63, 3.8) is 0 Å². The van der Waals surface area contributed by atoms with Gasteiger partial charge in [-0.1, -0.05) is 17.7 Å². The first-order valence-electron chi connectivity index (χ1n) is 9.97. The summed E-state index contributed by atoms with van der Waals surface area (Å²) in [6.07, 6.45) is 1.26. The largest absolute Gasteiger partial charge is 0.471 e. The number of fused-ring (bicyclic) bond motifs is 1.